The second-order valence-corrected chi connectivity index (χ2v) is 2.65. The van der Waals surface area contributed by atoms with Crippen LogP contribution in [0.2, 0.25) is 0 Å². The van der Waals surface area contributed by atoms with Gasteiger partial charge in [0.2, 0.25) is 0 Å². The van der Waals surface area contributed by atoms with E-state index in [9.17, 15) is 4.79 Å². The number of carbonyl (C=O) groups is 1. The molecule has 0 atom stereocenters. The molecule has 0 radical (unpaired) electrons. The van der Waals surface area contributed by atoms with Gasteiger partial charge in [0, 0.05) is 5.57 Å². The minimum absolute atomic E-state index is 0. The van der Waals surface area contributed by atoms with Crippen LogP contribution in [0.4, 0.5) is 0 Å². The Labute approximate surface area is 117 Å². The number of carboxylic acid groups (broad SMARTS) is 1. The Morgan fingerprint density at radius 2 is 1.79 bits per heavy atom. The first kappa shape index (κ1) is 24.0. The SMILES string of the molecule is C=C(C)C(=O)O.S.[CH2-]CCCCC.[Na+]. The number of rotatable bonds is 4. The number of hydrogen-bond acceptors (Lipinski definition) is 1. The monoisotopic (exact) mass is 228 g/mol. The van der Waals surface area contributed by atoms with Gasteiger partial charge in [0.05, 0.1) is 0 Å². The van der Waals surface area contributed by atoms with Crippen molar-refractivity contribution in [3.05, 3.63) is 19.1 Å². The van der Waals surface area contributed by atoms with Gasteiger partial charge in [0.15, 0.2) is 0 Å². The number of carboxylic acids is 1. The summed E-state index contributed by atoms with van der Waals surface area (Å²) in [6, 6.07) is 0. The van der Waals surface area contributed by atoms with Crippen molar-refractivity contribution in [2.75, 3.05) is 0 Å². The minimum Gasteiger partial charge on any atom is -0.478 e. The normalized spacial score (nSPS) is 7.07. The molecule has 0 aliphatic heterocycles. The van der Waals surface area contributed by atoms with E-state index in [1.54, 1.807) is 0 Å². The van der Waals surface area contributed by atoms with E-state index in [-0.39, 0.29) is 48.6 Å². The van der Waals surface area contributed by atoms with Crippen LogP contribution in [-0.2, 0) is 4.79 Å². The zero-order valence-corrected chi connectivity index (χ0v) is 12.6. The molecule has 0 aromatic carbocycles. The van der Waals surface area contributed by atoms with E-state index in [2.05, 4.69) is 20.4 Å². The zero-order valence-electron chi connectivity index (χ0n) is 9.60. The van der Waals surface area contributed by atoms with Crippen LogP contribution in [0.3, 0.4) is 0 Å². The molecule has 0 saturated heterocycles. The van der Waals surface area contributed by atoms with Crippen LogP contribution >= 0.6 is 13.5 Å². The smallest absolute Gasteiger partial charge is 0.478 e. The molecule has 0 saturated carbocycles. The molecule has 0 bridgehead atoms. The van der Waals surface area contributed by atoms with E-state index >= 15 is 0 Å². The molecule has 0 aliphatic carbocycles. The largest absolute Gasteiger partial charge is 1.00 e. The zero-order chi connectivity index (χ0) is 9.98. The van der Waals surface area contributed by atoms with E-state index < -0.39 is 5.97 Å². The fourth-order valence-corrected chi connectivity index (χ4v) is 0.427. The van der Waals surface area contributed by atoms with Gasteiger partial charge in [-0.3, -0.25) is 0 Å². The molecule has 0 aliphatic rings. The summed E-state index contributed by atoms with van der Waals surface area (Å²) in [5.74, 6) is -0.935. The van der Waals surface area contributed by atoms with E-state index in [1.807, 2.05) is 0 Å². The van der Waals surface area contributed by atoms with Crippen LogP contribution in [-0.4, -0.2) is 11.1 Å². The summed E-state index contributed by atoms with van der Waals surface area (Å²) in [4.78, 5) is 9.60. The van der Waals surface area contributed by atoms with Gasteiger partial charge in [-0.15, -0.1) is 0 Å². The van der Waals surface area contributed by atoms with Crippen molar-refractivity contribution in [3.63, 3.8) is 0 Å². The van der Waals surface area contributed by atoms with Crippen LogP contribution in [0.15, 0.2) is 12.2 Å². The fourth-order valence-electron chi connectivity index (χ4n) is 0.427. The molecule has 0 amide bonds. The molecule has 80 valence electrons. The van der Waals surface area contributed by atoms with Crippen molar-refractivity contribution in [1.82, 2.24) is 0 Å². The van der Waals surface area contributed by atoms with Gasteiger partial charge in [0.1, 0.15) is 0 Å². The van der Waals surface area contributed by atoms with Gasteiger partial charge in [-0.2, -0.15) is 19.9 Å². The molecule has 14 heavy (non-hydrogen) atoms. The average Bonchev–Trinajstić information content (AvgIpc) is 2.02. The van der Waals surface area contributed by atoms with Crippen molar-refractivity contribution in [2.45, 2.75) is 39.5 Å². The van der Waals surface area contributed by atoms with Gasteiger partial charge in [-0.1, -0.05) is 32.8 Å². The average molecular weight is 228 g/mol. The Hall–Kier alpha value is 0.560. The Bertz CT molecular complexity index is 122. The van der Waals surface area contributed by atoms with E-state index in [4.69, 9.17) is 5.11 Å². The first-order valence-corrected chi connectivity index (χ1v) is 4.24. The van der Waals surface area contributed by atoms with Crippen molar-refractivity contribution in [1.29, 1.82) is 0 Å². The summed E-state index contributed by atoms with van der Waals surface area (Å²) < 4.78 is 0. The number of hydrogen-bond donors (Lipinski definition) is 1. The molecule has 2 nitrogen and oxygen atoms in total. The van der Waals surface area contributed by atoms with E-state index in [1.165, 1.54) is 26.2 Å². The van der Waals surface area contributed by atoms with Crippen LogP contribution in [0.1, 0.15) is 39.5 Å². The maximum Gasteiger partial charge on any atom is 1.00 e. The predicted octanol–water partition coefficient (Wildman–Crippen LogP) is 0.165. The quantitative estimate of drug-likeness (QED) is 0.322. The molecule has 0 fully saturated rings. The summed E-state index contributed by atoms with van der Waals surface area (Å²) in [6.07, 6.45) is 5.07. The van der Waals surface area contributed by atoms with Crippen LogP contribution in [0.25, 0.3) is 0 Å². The predicted molar refractivity (Wildman–Crippen MR) is 62.3 cm³/mol. The molecular formula is C10H21NaO2S. The first-order valence-electron chi connectivity index (χ1n) is 4.24. The fraction of sp³-hybridized carbons (Fsp3) is 0.600. The molecule has 4 heteroatoms. The second kappa shape index (κ2) is 19.2. The number of unbranched alkanes of at least 4 members (excludes halogenated alkanes) is 3. The first-order chi connectivity index (χ1) is 5.56. The van der Waals surface area contributed by atoms with Crippen LogP contribution in [0, 0.1) is 6.92 Å². The maximum absolute atomic E-state index is 9.60. The van der Waals surface area contributed by atoms with Crippen LogP contribution in [0.5, 0.6) is 0 Å². The van der Waals surface area contributed by atoms with Gasteiger partial charge in [-0.25, -0.2) is 4.79 Å². The second-order valence-electron chi connectivity index (χ2n) is 2.65. The Kier molecular flexibility index (Phi) is 32.9. The van der Waals surface area contributed by atoms with Gasteiger partial charge >= 0.3 is 35.5 Å². The summed E-state index contributed by atoms with van der Waals surface area (Å²) in [5, 5.41) is 7.89. The topological polar surface area (TPSA) is 37.3 Å². The van der Waals surface area contributed by atoms with Crippen molar-refractivity contribution >= 4 is 19.5 Å². The molecule has 0 rings (SSSR count). The summed E-state index contributed by atoms with van der Waals surface area (Å²) in [7, 11) is 0. The third-order valence-electron chi connectivity index (χ3n) is 1.22. The van der Waals surface area contributed by atoms with Gasteiger partial charge in [-0.05, 0) is 6.92 Å². The van der Waals surface area contributed by atoms with E-state index in [0.29, 0.717) is 0 Å². The van der Waals surface area contributed by atoms with Crippen molar-refractivity contribution < 1.29 is 39.5 Å². The minimum atomic E-state index is -0.935. The summed E-state index contributed by atoms with van der Waals surface area (Å²) >= 11 is 0. The summed E-state index contributed by atoms with van der Waals surface area (Å²) in [6.45, 7) is 10.5. The van der Waals surface area contributed by atoms with Gasteiger partial charge in [0.25, 0.3) is 0 Å². The molecular weight excluding hydrogens is 207 g/mol. The van der Waals surface area contributed by atoms with Gasteiger partial charge < -0.3 is 12.0 Å². The summed E-state index contributed by atoms with van der Waals surface area (Å²) in [5.41, 5.74) is 0.176. The third kappa shape index (κ3) is 29.4. The molecule has 0 aromatic rings. The van der Waals surface area contributed by atoms with E-state index in [0.717, 1.165) is 6.42 Å². The standard InChI is InChI=1S/C6H13.C4H6O2.Na.H2S/c1-3-5-6-4-2;1-3(2)4(5)6;;/h1,3-6H2,2H3;1H2,2H3,(H,5,6);;1H2/q-1;;+1;. The van der Waals surface area contributed by atoms with Crippen molar-refractivity contribution in [3.8, 4) is 0 Å². The molecule has 0 spiro atoms. The van der Waals surface area contributed by atoms with Crippen LogP contribution < -0.4 is 29.6 Å². The number of aliphatic carboxylic acids is 1. The molecule has 0 aromatic heterocycles. The Morgan fingerprint density at radius 1 is 1.43 bits per heavy atom. The Balaban J connectivity index is -0.0000000625. The Morgan fingerprint density at radius 3 is 1.86 bits per heavy atom. The molecule has 0 heterocycles. The van der Waals surface area contributed by atoms with Crippen molar-refractivity contribution in [2.24, 2.45) is 0 Å². The maximum atomic E-state index is 9.60. The molecule has 0 unspecified atom stereocenters. The molecule has 1 N–H and O–H groups in total. The third-order valence-corrected chi connectivity index (χ3v) is 1.22.